The van der Waals surface area contributed by atoms with Crippen LogP contribution < -0.4 is 0 Å². The average molecular weight is 417 g/mol. The third-order valence-corrected chi connectivity index (χ3v) is 9.97. The molecule has 0 aromatic heterocycles. The van der Waals surface area contributed by atoms with Crippen molar-refractivity contribution in [3.05, 3.63) is 23.8 Å². The van der Waals surface area contributed by atoms with E-state index >= 15 is 0 Å². The van der Waals surface area contributed by atoms with Gasteiger partial charge in [0.15, 0.2) is 0 Å². The molecule has 0 amide bonds. The van der Waals surface area contributed by atoms with Crippen LogP contribution in [0.15, 0.2) is 23.8 Å². The van der Waals surface area contributed by atoms with E-state index in [1.807, 2.05) is 19.9 Å². The Labute approximate surface area is 183 Å². The molecule has 30 heavy (non-hydrogen) atoms. The number of rotatable bonds is 4. The first-order valence-corrected chi connectivity index (χ1v) is 12.4. The summed E-state index contributed by atoms with van der Waals surface area (Å²) in [6, 6.07) is 0. The summed E-state index contributed by atoms with van der Waals surface area (Å²) in [5.74, 6) is 3.35. The highest BCUT2D eigenvalue weighted by molar-refractivity contribution is 5.27. The van der Waals surface area contributed by atoms with Gasteiger partial charge >= 0.3 is 0 Å². The van der Waals surface area contributed by atoms with Crippen LogP contribution in [0.5, 0.6) is 0 Å². The monoisotopic (exact) mass is 416 g/mol. The second kappa shape index (κ2) is 7.74. The van der Waals surface area contributed by atoms with E-state index < -0.39 is 11.7 Å². The van der Waals surface area contributed by atoms with Crippen LogP contribution in [0.25, 0.3) is 0 Å². The lowest BCUT2D eigenvalue weighted by molar-refractivity contribution is -0.107. The predicted molar refractivity (Wildman–Crippen MR) is 122 cm³/mol. The van der Waals surface area contributed by atoms with Gasteiger partial charge in [-0.2, -0.15) is 0 Å². The molecule has 3 N–H and O–H groups in total. The molecule has 4 aliphatic carbocycles. The van der Waals surface area contributed by atoms with Crippen LogP contribution in [0, 0.1) is 40.4 Å². The SMILES string of the molecule is C[C@H](C/C=C/C(C)(C)O)[C@H]1CC[C@H]2[C@@H]3CC=C4C[C@@H](O)C[C@H](O)[C@]4(C)[C@H]3CC[C@]12C. The van der Waals surface area contributed by atoms with Gasteiger partial charge in [0.05, 0.1) is 17.8 Å². The Morgan fingerprint density at radius 3 is 2.60 bits per heavy atom. The zero-order chi connectivity index (χ0) is 21.9. The van der Waals surface area contributed by atoms with Crippen molar-refractivity contribution >= 4 is 0 Å². The average Bonchev–Trinajstić information content (AvgIpc) is 2.99. The van der Waals surface area contributed by atoms with Gasteiger partial charge in [-0.25, -0.2) is 0 Å². The Morgan fingerprint density at radius 2 is 1.90 bits per heavy atom. The third-order valence-electron chi connectivity index (χ3n) is 9.97. The summed E-state index contributed by atoms with van der Waals surface area (Å²) in [4.78, 5) is 0. The van der Waals surface area contributed by atoms with E-state index in [9.17, 15) is 15.3 Å². The fourth-order valence-corrected chi connectivity index (χ4v) is 8.41. The van der Waals surface area contributed by atoms with Crippen molar-refractivity contribution in [1.82, 2.24) is 0 Å². The molecular weight excluding hydrogens is 372 g/mol. The minimum absolute atomic E-state index is 0.136. The topological polar surface area (TPSA) is 60.7 Å². The van der Waals surface area contributed by atoms with Crippen molar-refractivity contribution < 1.29 is 15.3 Å². The molecule has 0 radical (unpaired) electrons. The number of allylic oxidation sites excluding steroid dienone is 2. The minimum Gasteiger partial charge on any atom is -0.393 e. The molecule has 3 saturated carbocycles. The number of fused-ring (bicyclic) bond motifs is 5. The van der Waals surface area contributed by atoms with Gasteiger partial charge in [-0.3, -0.25) is 0 Å². The molecule has 3 nitrogen and oxygen atoms in total. The molecule has 3 fully saturated rings. The summed E-state index contributed by atoms with van der Waals surface area (Å²) in [6.45, 7) is 10.9. The first kappa shape index (κ1) is 22.6. The van der Waals surface area contributed by atoms with Gasteiger partial charge in [0, 0.05) is 11.8 Å². The molecule has 4 aliphatic rings. The van der Waals surface area contributed by atoms with Gasteiger partial charge < -0.3 is 15.3 Å². The van der Waals surface area contributed by atoms with Crippen LogP contribution in [-0.2, 0) is 0 Å². The fraction of sp³-hybridized carbons (Fsp3) is 0.852. The number of aliphatic hydroxyl groups excluding tert-OH is 2. The van der Waals surface area contributed by atoms with Crippen LogP contribution in [0.4, 0.5) is 0 Å². The smallest absolute Gasteiger partial charge is 0.0771 e. The molecule has 0 aromatic rings. The quantitative estimate of drug-likeness (QED) is 0.549. The van der Waals surface area contributed by atoms with Crippen molar-refractivity contribution in [2.75, 3.05) is 0 Å². The number of aliphatic hydroxyl groups is 3. The van der Waals surface area contributed by atoms with Crippen molar-refractivity contribution in [3.63, 3.8) is 0 Å². The zero-order valence-electron chi connectivity index (χ0n) is 19.8. The molecule has 0 spiro atoms. The van der Waals surface area contributed by atoms with Crippen LogP contribution in [0.3, 0.4) is 0 Å². The predicted octanol–water partition coefficient (Wildman–Crippen LogP) is 5.25. The summed E-state index contributed by atoms with van der Waals surface area (Å²) in [7, 11) is 0. The number of hydrogen-bond donors (Lipinski definition) is 3. The van der Waals surface area contributed by atoms with Crippen molar-refractivity contribution in [2.24, 2.45) is 40.4 Å². The largest absolute Gasteiger partial charge is 0.393 e. The third kappa shape index (κ3) is 3.63. The molecule has 0 unspecified atom stereocenters. The standard InChI is InChI=1S/C27H44O3/c1-17(7-6-13-25(2,3)30)21-10-11-22-20-9-8-18-15-19(28)16-24(29)27(18,5)23(20)12-14-26(21,22)4/h6,8,13,17,19-24,28-30H,7,9-12,14-16H2,1-5H3/b13-6+/t17-,19-,20+,21-,22+,23+,24+,26-,27+/m1/s1. The van der Waals surface area contributed by atoms with E-state index in [2.05, 4.69) is 32.9 Å². The lowest BCUT2D eigenvalue weighted by Crippen LogP contribution is -2.55. The Hall–Kier alpha value is -0.640. The second-order valence-corrected chi connectivity index (χ2v) is 12.2. The van der Waals surface area contributed by atoms with Crippen molar-refractivity contribution in [1.29, 1.82) is 0 Å². The Morgan fingerprint density at radius 1 is 1.17 bits per heavy atom. The van der Waals surface area contributed by atoms with Crippen molar-refractivity contribution in [2.45, 2.75) is 104 Å². The highest BCUT2D eigenvalue weighted by Crippen LogP contribution is 2.67. The van der Waals surface area contributed by atoms with Gasteiger partial charge in [0.25, 0.3) is 0 Å². The van der Waals surface area contributed by atoms with Crippen molar-refractivity contribution in [3.8, 4) is 0 Å². The lowest BCUT2D eigenvalue weighted by Gasteiger charge is -2.59. The molecule has 3 heteroatoms. The van der Waals surface area contributed by atoms with E-state index in [4.69, 9.17) is 0 Å². The normalized spacial score (nSPS) is 47.4. The van der Waals surface area contributed by atoms with Gasteiger partial charge in [-0.05, 0) is 93.8 Å². The van der Waals surface area contributed by atoms with Gasteiger partial charge in [0.1, 0.15) is 0 Å². The van der Waals surface area contributed by atoms with Gasteiger partial charge in [-0.15, -0.1) is 0 Å². The van der Waals surface area contributed by atoms with E-state index in [1.165, 1.54) is 31.3 Å². The van der Waals surface area contributed by atoms with Crippen LogP contribution in [0.2, 0.25) is 0 Å². The Kier molecular flexibility index (Phi) is 5.82. The Bertz CT molecular complexity index is 703. The molecule has 0 heterocycles. The molecule has 0 saturated heterocycles. The maximum atomic E-state index is 11.1. The molecule has 4 rings (SSSR count). The summed E-state index contributed by atoms with van der Waals surface area (Å²) >= 11 is 0. The lowest BCUT2D eigenvalue weighted by atomic mass is 9.46. The van der Waals surface area contributed by atoms with Crippen LogP contribution in [-0.4, -0.2) is 33.1 Å². The molecule has 0 aliphatic heterocycles. The summed E-state index contributed by atoms with van der Waals surface area (Å²) < 4.78 is 0. The minimum atomic E-state index is -0.726. The van der Waals surface area contributed by atoms with E-state index in [0.717, 1.165) is 31.1 Å². The molecule has 0 bridgehead atoms. The highest BCUT2D eigenvalue weighted by atomic mass is 16.3. The van der Waals surface area contributed by atoms with Gasteiger partial charge in [0.2, 0.25) is 0 Å². The molecular formula is C27H44O3. The van der Waals surface area contributed by atoms with E-state index in [1.54, 1.807) is 0 Å². The molecule has 0 aromatic carbocycles. The Balaban J connectivity index is 1.53. The van der Waals surface area contributed by atoms with E-state index in [-0.39, 0.29) is 11.5 Å². The van der Waals surface area contributed by atoms with Gasteiger partial charge in [-0.1, -0.05) is 44.6 Å². The van der Waals surface area contributed by atoms with E-state index in [0.29, 0.717) is 29.6 Å². The molecule has 9 atom stereocenters. The summed E-state index contributed by atoms with van der Waals surface area (Å²) in [6.07, 6.45) is 14.3. The maximum absolute atomic E-state index is 11.1. The number of hydrogen-bond acceptors (Lipinski definition) is 3. The first-order chi connectivity index (χ1) is 14.0. The summed E-state index contributed by atoms with van der Waals surface area (Å²) in [5.41, 5.74) is 0.862. The highest BCUT2D eigenvalue weighted by Gasteiger charge is 2.60. The maximum Gasteiger partial charge on any atom is 0.0771 e. The fourth-order valence-electron chi connectivity index (χ4n) is 8.41. The van der Waals surface area contributed by atoms with Crippen LogP contribution >= 0.6 is 0 Å². The second-order valence-electron chi connectivity index (χ2n) is 12.2. The zero-order valence-corrected chi connectivity index (χ0v) is 19.8. The van der Waals surface area contributed by atoms with Crippen LogP contribution in [0.1, 0.15) is 86.0 Å². The summed E-state index contributed by atoms with van der Waals surface area (Å²) in [5, 5.41) is 31.3. The molecule has 170 valence electrons. The first-order valence-electron chi connectivity index (χ1n) is 12.4.